The van der Waals surface area contributed by atoms with Crippen molar-refractivity contribution in [1.82, 2.24) is 9.97 Å². The molecular weight excluding hydrogens is 344 g/mol. The molecule has 0 radical (unpaired) electrons. The van der Waals surface area contributed by atoms with Crippen molar-refractivity contribution in [2.45, 2.75) is 20.8 Å². The third-order valence-corrected chi connectivity index (χ3v) is 3.39. The number of anilines is 2. The Morgan fingerprint density at radius 2 is 1.91 bits per heavy atom. The van der Waals surface area contributed by atoms with Gasteiger partial charge in [-0.1, -0.05) is 29.8 Å². The fourth-order valence-corrected chi connectivity index (χ4v) is 2.05. The zero-order valence-electron chi connectivity index (χ0n) is 12.9. The van der Waals surface area contributed by atoms with E-state index in [2.05, 4.69) is 50.4 Å². The van der Waals surface area contributed by atoms with E-state index in [1.807, 2.05) is 31.2 Å². The number of carbonyl (C=O) groups is 1. The number of aromatic nitrogens is 2. The smallest absolute Gasteiger partial charge is 0.274 e. The Bertz CT molecular complexity index is 656. The zero-order chi connectivity index (χ0) is 16.1. The summed E-state index contributed by atoms with van der Waals surface area (Å²) in [4.78, 5) is 20.9. The van der Waals surface area contributed by atoms with Gasteiger partial charge in [0.05, 0.1) is 0 Å². The molecule has 0 saturated heterocycles. The summed E-state index contributed by atoms with van der Waals surface area (Å²) < 4.78 is 0.962. The second kappa shape index (κ2) is 7.35. The molecule has 1 aromatic carbocycles. The van der Waals surface area contributed by atoms with E-state index in [-0.39, 0.29) is 5.91 Å². The topological polar surface area (TPSA) is 66.9 Å². The molecule has 0 atom stereocenters. The first-order chi connectivity index (χ1) is 10.4. The number of benzene rings is 1. The monoisotopic (exact) mass is 362 g/mol. The minimum Gasteiger partial charge on any atom is -0.354 e. The maximum atomic E-state index is 12.3. The van der Waals surface area contributed by atoms with Crippen LogP contribution in [0.1, 0.15) is 30.0 Å². The van der Waals surface area contributed by atoms with Crippen LogP contribution in [-0.2, 0) is 0 Å². The summed E-state index contributed by atoms with van der Waals surface area (Å²) in [5.41, 5.74) is 1.82. The van der Waals surface area contributed by atoms with Crippen LogP contribution >= 0.6 is 15.9 Å². The normalized spacial score (nSPS) is 10.6. The van der Waals surface area contributed by atoms with Gasteiger partial charge < -0.3 is 10.6 Å². The summed E-state index contributed by atoms with van der Waals surface area (Å²) in [6.07, 6.45) is 0. The molecule has 2 aromatic rings. The van der Waals surface area contributed by atoms with Gasteiger partial charge in [-0.15, -0.1) is 0 Å². The number of halogens is 1. The quantitative estimate of drug-likeness (QED) is 0.846. The highest BCUT2D eigenvalue weighted by Crippen LogP contribution is 2.15. The first-order valence-corrected chi connectivity index (χ1v) is 7.90. The summed E-state index contributed by atoms with van der Waals surface area (Å²) in [5.74, 6) is 0.708. The lowest BCUT2D eigenvalue weighted by Gasteiger charge is -2.10. The van der Waals surface area contributed by atoms with Crippen LogP contribution < -0.4 is 10.6 Å². The maximum absolute atomic E-state index is 12.3. The third kappa shape index (κ3) is 4.80. The lowest BCUT2D eigenvalue weighted by Crippen LogP contribution is -2.17. The Balaban J connectivity index is 2.13. The summed E-state index contributed by atoms with van der Waals surface area (Å²) in [6, 6.07) is 9.07. The highest BCUT2D eigenvalue weighted by Gasteiger charge is 2.11. The van der Waals surface area contributed by atoms with Crippen LogP contribution in [0.4, 0.5) is 11.6 Å². The molecule has 2 rings (SSSR count). The Labute approximate surface area is 138 Å². The first kappa shape index (κ1) is 16.4. The minimum absolute atomic E-state index is 0.250. The highest BCUT2D eigenvalue weighted by molar-refractivity contribution is 9.10. The standard InChI is InChI=1S/C16H19BrN4O/c1-10(2)9-18-16-19-11(3)8-14(21-16)15(22)20-13-6-4-12(17)5-7-13/h4-8,10H,9H2,1-3H3,(H,20,22)(H,18,19,21). The van der Waals surface area contributed by atoms with Gasteiger partial charge in [0.2, 0.25) is 5.95 Å². The van der Waals surface area contributed by atoms with Crippen LogP contribution in [-0.4, -0.2) is 22.4 Å². The fraction of sp³-hybridized carbons (Fsp3) is 0.312. The number of amides is 1. The van der Waals surface area contributed by atoms with Crippen LogP contribution in [0.25, 0.3) is 0 Å². The summed E-state index contributed by atoms with van der Waals surface area (Å²) in [7, 11) is 0. The first-order valence-electron chi connectivity index (χ1n) is 7.10. The third-order valence-electron chi connectivity index (χ3n) is 2.86. The van der Waals surface area contributed by atoms with Crippen molar-refractivity contribution in [2.75, 3.05) is 17.2 Å². The van der Waals surface area contributed by atoms with E-state index in [0.717, 1.165) is 22.4 Å². The second-order valence-electron chi connectivity index (χ2n) is 5.45. The molecule has 6 heteroatoms. The van der Waals surface area contributed by atoms with Crippen molar-refractivity contribution in [3.8, 4) is 0 Å². The number of hydrogen-bond donors (Lipinski definition) is 2. The summed E-state index contributed by atoms with van der Waals surface area (Å²) >= 11 is 3.36. The number of nitrogens with zero attached hydrogens (tertiary/aromatic N) is 2. The zero-order valence-corrected chi connectivity index (χ0v) is 14.4. The van der Waals surface area contributed by atoms with Crippen LogP contribution in [0, 0.1) is 12.8 Å². The molecule has 5 nitrogen and oxygen atoms in total. The molecule has 116 valence electrons. The number of carbonyl (C=O) groups excluding carboxylic acids is 1. The Morgan fingerprint density at radius 1 is 1.23 bits per heavy atom. The Morgan fingerprint density at radius 3 is 2.55 bits per heavy atom. The molecule has 0 aliphatic carbocycles. The Kier molecular flexibility index (Phi) is 5.49. The molecule has 1 heterocycles. The van der Waals surface area contributed by atoms with Gasteiger partial charge in [0.15, 0.2) is 0 Å². The van der Waals surface area contributed by atoms with Gasteiger partial charge in [-0.2, -0.15) is 0 Å². The molecule has 0 aliphatic rings. The molecular formula is C16H19BrN4O. The molecule has 2 N–H and O–H groups in total. The van der Waals surface area contributed by atoms with Gasteiger partial charge in [-0.05, 0) is 43.2 Å². The average Bonchev–Trinajstić information content (AvgIpc) is 2.47. The number of rotatable bonds is 5. The van der Waals surface area contributed by atoms with Crippen molar-refractivity contribution in [3.05, 3.63) is 46.2 Å². The van der Waals surface area contributed by atoms with Crippen LogP contribution in [0.2, 0.25) is 0 Å². The van der Waals surface area contributed by atoms with E-state index in [4.69, 9.17) is 0 Å². The summed E-state index contributed by atoms with van der Waals surface area (Å²) in [5, 5.41) is 5.97. The number of hydrogen-bond acceptors (Lipinski definition) is 4. The van der Waals surface area contributed by atoms with E-state index in [0.29, 0.717) is 17.6 Å². The lowest BCUT2D eigenvalue weighted by atomic mass is 10.2. The van der Waals surface area contributed by atoms with Gasteiger partial charge in [0, 0.05) is 22.4 Å². The van der Waals surface area contributed by atoms with Crippen molar-refractivity contribution in [2.24, 2.45) is 5.92 Å². The maximum Gasteiger partial charge on any atom is 0.274 e. The molecule has 0 fully saturated rings. The van der Waals surface area contributed by atoms with E-state index in [1.165, 1.54) is 0 Å². The van der Waals surface area contributed by atoms with Gasteiger partial charge in [0.1, 0.15) is 5.69 Å². The minimum atomic E-state index is -0.250. The Hall–Kier alpha value is -1.95. The SMILES string of the molecule is Cc1cc(C(=O)Nc2ccc(Br)cc2)nc(NCC(C)C)n1. The van der Waals surface area contributed by atoms with E-state index in [9.17, 15) is 4.79 Å². The van der Waals surface area contributed by atoms with Gasteiger partial charge in [-0.3, -0.25) is 4.79 Å². The molecule has 22 heavy (non-hydrogen) atoms. The molecule has 0 saturated carbocycles. The van der Waals surface area contributed by atoms with Crippen molar-refractivity contribution in [3.63, 3.8) is 0 Å². The summed E-state index contributed by atoms with van der Waals surface area (Å²) in [6.45, 7) is 6.81. The fourth-order valence-electron chi connectivity index (χ4n) is 1.79. The predicted molar refractivity (Wildman–Crippen MR) is 92.2 cm³/mol. The van der Waals surface area contributed by atoms with E-state index in [1.54, 1.807) is 6.07 Å². The van der Waals surface area contributed by atoms with Gasteiger partial charge in [0.25, 0.3) is 5.91 Å². The van der Waals surface area contributed by atoms with Gasteiger partial charge in [-0.25, -0.2) is 9.97 Å². The predicted octanol–water partition coefficient (Wildman–Crippen LogP) is 3.87. The molecule has 0 unspecified atom stereocenters. The number of aryl methyl sites for hydroxylation is 1. The largest absolute Gasteiger partial charge is 0.354 e. The average molecular weight is 363 g/mol. The van der Waals surface area contributed by atoms with Crippen LogP contribution in [0.15, 0.2) is 34.8 Å². The van der Waals surface area contributed by atoms with Crippen LogP contribution in [0.5, 0.6) is 0 Å². The highest BCUT2D eigenvalue weighted by atomic mass is 79.9. The molecule has 0 spiro atoms. The molecule has 1 amide bonds. The van der Waals surface area contributed by atoms with Gasteiger partial charge >= 0.3 is 0 Å². The van der Waals surface area contributed by atoms with Crippen molar-refractivity contribution >= 4 is 33.5 Å². The second-order valence-corrected chi connectivity index (χ2v) is 6.37. The number of nitrogens with one attached hydrogen (secondary N) is 2. The van der Waals surface area contributed by atoms with Crippen molar-refractivity contribution in [1.29, 1.82) is 0 Å². The molecule has 1 aromatic heterocycles. The van der Waals surface area contributed by atoms with Crippen LogP contribution in [0.3, 0.4) is 0 Å². The van der Waals surface area contributed by atoms with E-state index < -0.39 is 0 Å². The van der Waals surface area contributed by atoms with E-state index >= 15 is 0 Å². The van der Waals surface area contributed by atoms with Crippen molar-refractivity contribution < 1.29 is 4.79 Å². The molecule has 0 bridgehead atoms. The molecule has 0 aliphatic heterocycles. The lowest BCUT2D eigenvalue weighted by molar-refractivity contribution is 0.102.